The summed E-state index contributed by atoms with van der Waals surface area (Å²) in [7, 11) is 0. The van der Waals surface area contributed by atoms with Crippen LogP contribution in [-0.2, 0) is 4.79 Å². The monoisotopic (exact) mass is 526 g/mol. The average molecular weight is 527 g/mol. The molecule has 2 aliphatic rings. The first-order chi connectivity index (χ1) is 16.7. The zero-order chi connectivity index (χ0) is 24.8. The minimum absolute atomic E-state index is 0.0807. The van der Waals surface area contributed by atoms with E-state index in [1.165, 1.54) is 17.8 Å². The molecule has 2 fully saturated rings. The molecule has 4 rings (SSSR count). The quantitative estimate of drug-likeness (QED) is 0.499. The first kappa shape index (κ1) is 26.0. The van der Waals surface area contributed by atoms with Crippen LogP contribution in [-0.4, -0.2) is 68.2 Å². The maximum absolute atomic E-state index is 12.5. The number of alkyl halides is 3. The smallest absolute Gasteiger partial charge is 0.371 e. The number of nitrogens with one attached hydrogen (secondary N) is 1. The van der Waals surface area contributed by atoms with Crippen LogP contribution in [0.4, 0.5) is 24.5 Å². The number of anilines is 2. The van der Waals surface area contributed by atoms with Gasteiger partial charge in [0, 0.05) is 79.6 Å². The van der Waals surface area contributed by atoms with Crippen molar-refractivity contribution in [2.24, 2.45) is 0 Å². The Morgan fingerprint density at radius 2 is 1.43 bits per heavy atom. The second-order valence-corrected chi connectivity index (χ2v) is 10.5. The van der Waals surface area contributed by atoms with Crippen LogP contribution in [0.15, 0.2) is 53.4 Å². The highest BCUT2D eigenvalue weighted by Crippen LogP contribution is 2.37. The van der Waals surface area contributed by atoms with Gasteiger partial charge in [0.2, 0.25) is 5.91 Å². The van der Waals surface area contributed by atoms with Crippen molar-refractivity contribution in [1.82, 2.24) is 10.2 Å². The maximum atomic E-state index is 12.5. The van der Waals surface area contributed by atoms with Gasteiger partial charge in [-0.05, 0) is 73.1 Å². The summed E-state index contributed by atoms with van der Waals surface area (Å²) in [4.78, 5) is 19.5. The Kier molecular flexibility index (Phi) is 8.73. The van der Waals surface area contributed by atoms with E-state index in [0.717, 1.165) is 69.4 Å². The standard InChI is InChI=1S/C25H30ClF3N4OS/c26-19-1-3-21(4-2-19)33-17-15-31(16-18-33)12-11-24(34)30-20-9-13-32(14-10-20)22-5-7-23(8-6-22)35-25(27,28)29/h1-8,20H,9-18H2,(H,30,34). The van der Waals surface area contributed by atoms with Crippen LogP contribution in [0.25, 0.3) is 0 Å². The SMILES string of the molecule is O=C(CCN1CCN(c2ccc(Cl)cc2)CC1)NC1CCN(c2ccc(SC(F)(F)F)cc2)CC1. The van der Waals surface area contributed by atoms with E-state index >= 15 is 0 Å². The molecule has 2 heterocycles. The lowest BCUT2D eigenvalue weighted by molar-refractivity contribution is -0.122. The molecule has 0 spiro atoms. The summed E-state index contributed by atoms with van der Waals surface area (Å²) in [6.45, 7) is 5.99. The van der Waals surface area contributed by atoms with Crippen molar-refractivity contribution in [2.45, 2.75) is 35.7 Å². The van der Waals surface area contributed by atoms with Gasteiger partial charge in [0.05, 0.1) is 0 Å². The molecule has 10 heteroatoms. The van der Waals surface area contributed by atoms with E-state index in [2.05, 4.69) is 20.0 Å². The van der Waals surface area contributed by atoms with E-state index in [-0.39, 0.29) is 28.6 Å². The second kappa shape index (κ2) is 11.8. The summed E-state index contributed by atoms with van der Waals surface area (Å²) in [5.41, 5.74) is -2.18. The lowest BCUT2D eigenvalue weighted by atomic mass is 10.0. The number of carbonyl (C=O) groups is 1. The van der Waals surface area contributed by atoms with Gasteiger partial charge in [-0.1, -0.05) is 11.6 Å². The fraction of sp³-hybridized carbons (Fsp3) is 0.480. The van der Waals surface area contributed by atoms with E-state index in [9.17, 15) is 18.0 Å². The van der Waals surface area contributed by atoms with Gasteiger partial charge in [-0.15, -0.1) is 0 Å². The van der Waals surface area contributed by atoms with Gasteiger partial charge in [-0.25, -0.2) is 0 Å². The summed E-state index contributed by atoms with van der Waals surface area (Å²) >= 11 is 5.87. The number of piperidine rings is 1. The molecule has 0 bridgehead atoms. The molecule has 2 aliphatic heterocycles. The maximum Gasteiger partial charge on any atom is 0.446 e. The van der Waals surface area contributed by atoms with Crippen molar-refractivity contribution in [3.05, 3.63) is 53.6 Å². The van der Waals surface area contributed by atoms with Crippen molar-refractivity contribution in [3.63, 3.8) is 0 Å². The van der Waals surface area contributed by atoms with E-state index < -0.39 is 5.51 Å². The fourth-order valence-electron chi connectivity index (χ4n) is 4.58. The zero-order valence-corrected chi connectivity index (χ0v) is 21.0. The Labute approximate surface area is 213 Å². The lowest BCUT2D eigenvalue weighted by Crippen LogP contribution is -2.48. The van der Waals surface area contributed by atoms with Gasteiger partial charge in [-0.3, -0.25) is 9.69 Å². The first-order valence-corrected chi connectivity index (χ1v) is 13.1. The Morgan fingerprint density at radius 3 is 2.00 bits per heavy atom. The number of halogens is 4. The molecular formula is C25H30ClF3N4OS. The van der Waals surface area contributed by atoms with Crippen molar-refractivity contribution < 1.29 is 18.0 Å². The predicted molar refractivity (Wildman–Crippen MR) is 136 cm³/mol. The molecule has 2 saturated heterocycles. The molecule has 0 unspecified atom stereocenters. The van der Waals surface area contributed by atoms with Crippen molar-refractivity contribution >= 4 is 40.6 Å². The number of benzene rings is 2. The number of hydrogen-bond acceptors (Lipinski definition) is 5. The molecule has 2 aromatic carbocycles. The lowest BCUT2D eigenvalue weighted by Gasteiger charge is -2.36. The number of rotatable bonds is 7. The Balaban J connectivity index is 1.13. The normalized spacial score (nSPS) is 18.1. The topological polar surface area (TPSA) is 38.8 Å². The third-order valence-electron chi connectivity index (χ3n) is 6.51. The highest BCUT2D eigenvalue weighted by atomic mass is 35.5. The van der Waals surface area contributed by atoms with Gasteiger partial charge in [0.1, 0.15) is 0 Å². The van der Waals surface area contributed by atoms with E-state index in [4.69, 9.17) is 11.6 Å². The van der Waals surface area contributed by atoms with Crippen LogP contribution in [0, 0.1) is 0 Å². The largest absolute Gasteiger partial charge is 0.446 e. The molecule has 5 nitrogen and oxygen atoms in total. The summed E-state index contributed by atoms with van der Waals surface area (Å²) in [5, 5.41) is 3.90. The molecule has 0 saturated carbocycles. The average Bonchev–Trinajstić information content (AvgIpc) is 2.84. The summed E-state index contributed by atoms with van der Waals surface area (Å²) in [5.74, 6) is 0.0807. The van der Waals surface area contributed by atoms with Crippen LogP contribution >= 0.6 is 23.4 Å². The summed E-state index contributed by atoms with van der Waals surface area (Å²) < 4.78 is 37.5. The molecule has 0 radical (unpaired) electrons. The molecule has 1 N–H and O–H groups in total. The number of thioether (sulfide) groups is 1. The summed E-state index contributed by atoms with van der Waals surface area (Å²) in [6, 6.07) is 14.5. The van der Waals surface area contributed by atoms with Crippen molar-refractivity contribution in [1.29, 1.82) is 0 Å². The molecule has 35 heavy (non-hydrogen) atoms. The molecule has 0 aromatic heterocycles. The van der Waals surface area contributed by atoms with Crippen LogP contribution < -0.4 is 15.1 Å². The molecule has 0 atom stereocenters. The molecule has 2 aromatic rings. The van der Waals surface area contributed by atoms with Gasteiger partial charge in [0.25, 0.3) is 0 Å². The third-order valence-corrected chi connectivity index (χ3v) is 7.51. The predicted octanol–water partition coefficient (Wildman–Crippen LogP) is 5.25. The molecule has 0 aliphatic carbocycles. The van der Waals surface area contributed by atoms with E-state index in [0.29, 0.717) is 6.42 Å². The number of piperazine rings is 1. The minimum atomic E-state index is -4.27. The molecule has 190 valence electrons. The minimum Gasteiger partial charge on any atom is -0.371 e. The zero-order valence-electron chi connectivity index (χ0n) is 19.4. The van der Waals surface area contributed by atoms with Gasteiger partial charge < -0.3 is 15.1 Å². The second-order valence-electron chi connectivity index (χ2n) is 8.93. The number of carbonyl (C=O) groups excluding carboxylic acids is 1. The molecular weight excluding hydrogens is 497 g/mol. The number of nitrogens with zero attached hydrogens (tertiary/aromatic N) is 3. The van der Waals surface area contributed by atoms with Crippen LogP contribution in [0.5, 0.6) is 0 Å². The fourth-order valence-corrected chi connectivity index (χ4v) is 5.25. The van der Waals surface area contributed by atoms with E-state index in [1.54, 1.807) is 12.1 Å². The third kappa shape index (κ3) is 7.95. The van der Waals surface area contributed by atoms with Crippen molar-refractivity contribution in [3.8, 4) is 0 Å². The van der Waals surface area contributed by atoms with Gasteiger partial charge >= 0.3 is 5.51 Å². The van der Waals surface area contributed by atoms with Gasteiger partial charge in [-0.2, -0.15) is 13.2 Å². The molecule has 1 amide bonds. The number of hydrogen-bond donors (Lipinski definition) is 1. The Hall–Kier alpha value is -2.10. The van der Waals surface area contributed by atoms with Crippen molar-refractivity contribution in [2.75, 3.05) is 55.6 Å². The highest BCUT2D eigenvalue weighted by Gasteiger charge is 2.29. The number of amides is 1. The van der Waals surface area contributed by atoms with Crippen LogP contribution in [0.2, 0.25) is 5.02 Å². The first-order valence-electron chi connectivity index (χ1n) is 11.9. The van der Waals surface area contributed by atoms with E-state index in [1.807, 2.05) is 24.3 Å². The van der Waals surface area contributed by atoms with Crippen LogP contribution in [0.3, 0.4) is 0 Å². The van der Waals surface area contributed by atoms with Gasteiger partial charge in [0.15, 0.2) is 0 Å². The Bertz CT molecular complexity index is 958. The Morgan fingerprint density at radius 1 is 0.886 bits per heavy atom. The summed E-state index contributed by atoms with van der Waals surface area (Å²) in [6.07, 6.45) is 2.13. The highest BCUT2D eigenvalue weighted by molar-refractivity contribution is 8.00. The van der Waals surface area contributed by atoms with Crippen LogP contribution in [0.1, 0.15) is 19.3 Å².